The highest BCUT2D eigenvalue weighted by atomic mass is 15.0. The molecule has 0 N–H and O–H groups in total. The Balaban J connectivity index is 1.01. The normalized spacial score (nSPS) is 13.7. The van der Waals surface area contributed by atoms with Crippen molar-refractivity contribution >= 4 is 66.2 Å². The highest BCUT2D eigenvalue weighted by Crippen LogP contribution is 2.45. The molecule has 4 heterocycles. The van der Waals surface area contributed by atoms with E-state index in [2.05, 4.69) is 215 Å². The van der Waals surface area contributed by atoms with Crippen LogP contribution in [0, 0.1) is 5.92 Å². The average Bonchev–Trinajstić information content (AvgIpc) is 4.06. The van der Waals surface area contributed by atoms with E-state index in [0.29, 0.717) is 17.5 Å². The zero-order chi connectivity index (χ0) is 46.3. The number of para-hydroxylation sites is 5. The molecule has 0 aliphatic heterocycles. The van der Waals surface area contributed by atoms with Gasteiger partial charge in [0, 0.05) is 60.6 Å². The van der Waals surface area contributed by atoms with E-state index in [4.69, 9.17) is 15.0 Å². The maximum absolute atomic E-state index is 5.21. The molecule has 1 unspecified atom stereocenters. The van der Waals surface area contributed by atoms with Crippen molar-refractivity contribution in [3.63, 3.8) is 0 Å². The SMILES string of the molecule is CC1Cc2c(n(-c3ccc4c(c3)c3ccccc3n4-c3ccccc3)c3ccccc23)C=C1c1ccc(-c2nc(-c3ccccc3)nc(-c3ccccc3)n2)cc1-n1c2ccccc2c2ccccc21. The molecule has 70 heavy (non-hydrogen) atoms. The fourth-order valence-electron chi connectivity index (χ4n) is 11.2. The smallest absolute Gasteiger partial charge is 0.164 e. The van der Waals surface area contributed by atoms with Crippen LogP contribution in [0.5, 0.6) is 0 Å². The molecule has 1 aliphatic rings. The fraction of sp³-hybridized carbons (Fsp3) is 0.0469. The van der Waals surface area contributed by atoms with E-state index < -0.39 is 0 Å². The third kappa shape index (κ3) is 6.30. The van der Waals surface area contributed by atoms with E-state index in [-0.39, 0.29) is 5.92 Å². The van der Waals surface area contributed by atoms with Crippen LogP contribution in [0.15, 0.2) is 224 Å². The predicted octanol–water partition coefficient (Wildman–Crippen LogP) is 15.7. The molecule has 6 nitrogen and oxygen atoms in total. The second kappa shape index (κ2) is 16.0. The first-order chi connectivity index (χ1) is 34.6. The van der Waals surface area contributed by atoms with Crippen molar-refractivity contribution in [2.45, 2.75) is 13.3 Å². The Morgan fingerprint density at radius 3 is 1.44 bits per heavy atom. The number of rotatable bonds is 7. The summed E-state index contributed by atoms with van der Waals surface area (Å²) in [5.41, 5.74) is 17.1. The zero-order valence-electron chi connectivity index (χ0n) is 38.4. The Morgan fingerprint density at radius 2 is 0.843 bits per heavy atom. The molecule has 6 heteroatoms. The van der Waals surface area contributed by atoms with Crippen LogP contribution in [0.2, 0.25) is 0 Å². The largest absolute Gasteiger partial charge is 0.310 e. The lowest BCUT2D eigenvalue weighted by molar-refractivity contribution is 0.737. The summed E-state index contributed by atoms with van der Waals surface area (Å²) in [5.74, 6) is 2.11. The predicted molar refractivity (Wildman–Crippen MR) is 289 cm³/mol. The molecule has 0 amide bonds. The minimum Gasteiger partial charge on any atom is -0.310 e. The summed E-state index contributed by atoms with van der Waals surface area (Å²) in [4.78, 5) is 15.5. The Morgan fingerprint density at radius 1 is 0.371 bits per heavy atom. The van der Waals surface area contributed by atoms with Crippen LogP contribution in [0.1, 0.15) is 23.7 Å². The van der Waals surface area contributed by atoms with E-state index in [1.807, 2.05) is 36.4 Å². The maximum atomic E-state index is 5.21. The van der Waals surface area contributed by atoms with E-state index in [1.165, 1.54) is 65.9 Å². The van der Waals surface area contributed by atoms with Gasteiger partial charge < -0.3 is 13.7 Å². The van der Waals surface area contributed by atoms with Crippen LogP contribution in [0.25, 0.3) is 117 Å². The molecule has 4 aromatic heterocycles. The molecule has 330 valence electrons. The summed E-state index contributed by atoms with van der Waals surface area (Å²) in [6.07, 6.45) is 3.38. The van der Waals surface area contributed by atoms with Crippen LogP contribution in [0.3, 0.4) is 0 Å². The molecule has 14 rings (SSSR count). The molecular formula is C64H44N6. The van der Waals surface area contributed by atoms with E-state index >= 15 is 0 Å². The molecule has 0 fully saturated rings. The van der Waals surface area contributed by atoms with E-state index in [1.54, 1.807) is 0 Å². The monoisotopic (exact) mass is 896 g/mol. The van der Waals surface area contributed by atoms with Crippen LogP contribution < -0.4 is 0 Å². The summed E-state index contributed by atoms with van der Waals surface area (Å²) in [5, 5.41) is 6.18. The third-order valence-electron chi connectivity index (χ3n) is 14.4. The summed E-state index contributed by atoms with van der Waals surface area (Å²) >= 11 is 0. The standard InChI is InChI=1S/C64H44N6/c1-41-37-53-49-27-13-16-30-56(49)69(46-34-36-59-54(39-46)50-28-14-15-29-55(50)68(59)45-23-9-4-10-24-45)61(53)40-52(41)51-35-33-44(38-60(51)70-57-31-17-11-25-47(57)48-26-12-18-32-58(48)70)64-66-62(42-19-5-2-6-20-42)65-63(67-64)43-21-7-3-8-22-43/h2-36,38-41H,37H2,1H3. The molecule has 13 aromatic rings. The minimum absolute atomic E-state index is 0.210. The van der Waals surface area contributed by atoms with Crippen LogP contribution >= 0.6 is 0 Å². The summed E-state index contributed by atoms with van der Waals surface area (Å²) in [7, 11) is 0. The topological polar surface area (TPSA) is 53.5 Å². The van der Waals surface area contributed by atoms with Gasteiger partial charge in [0.25, 0.3) is 0 Å². The van der Waals surface area contributed by atoms with E-state index in [0.717, 1.165) is 51.2 Å². The number of benzene rings is 9. The van der Waals surface area contributed by atoms with Crippen molar-refractivity contribution in [2.24, 2.45) is 5.92 Å². The van der Waals surface area contributed by atoms with Gasteiger partial charge in [0.05, 0.1) is 39.0 Å². The van der Waals surface area contributed by atoms with Crippen molar-refractivity contribution in [2.75, 3.05) is 0 Å². The molecule has 1 atom stereocenters. The third-order valence-corrected chi connectivity index (χ3v) is 14.4. The minimum atomic E-state index is 0.210. The number of aromatic nitrogens is 6. The van der Waals surface area contributed by atoms with Crippen LogP contribution in [-0.4, -0.2) is 28.7 Å². The molecule has 9 aromatic carbocycles. The second-order valence-electron chi connectivity index (χ2n) is 18.5. The van der Waals surface area contributed by atoms with Crippen molar-refractivity contribution in [3.8, 4) is 51.2 Å². The molecule has 1 aliphatic carbocycles. The second-order valence-corrected chi connectivity index (χ2v) is 18.5. The fourth-order valence-corrected chi connectivity index (χ4v) is 11.2. The van der Waals surface area contributed by atoms with Gasteiger partial charge in [-0.2, -0.15) is 0 Å². The molecule has 0 saturated heterocycles. The Hall–Kier alpha value is -9.13. The molecular weight excluding hydrogens is 853 g/mol. The highest BCUT2D eigenvalue weighted by molar-refractivity contribution is 6.11. The van der Waals surface area contributed by atoms with Crippen LogP contribution in [-0.2, 0) is 6.42 Å². The zero-order valence-corrected chi connectivity index (χ0v) is 38.4. The lowest BCUT2D eigenvalue weighted by Gasteiger charge is -2.26. The number of hydrogen-bond donors (Lipinski definition) is 0. The van der Waals surface area contributed by atoms with Crippen molar-refractivity contribution in [1.82, 2.24) is 28.7 Å². The number of allylic oxidation sites excluding steroid dienone is 1. The first-order valence-corrected chi connectivity index (χ1v) is 24.1. The Bertz CT molecular complexity index is 4100. The Kier molecular flexibility index (Phi) is 9.14. The van der Waals surface area contributed by atoms with Gasteiger partial charge in [-0.1, -0.05) is 171 Å². The van der Waals surface area contributed by atoms with Crippen LogP contribution in [0.4, 0.5) is 0 Å². The first-order valence-electron chi connectivity index (χ1n) is 24.1. The molecule has 0 saturated carbocycles. The van der Waals surface area contributed by atoms with Crippen molar-refractivity contribution in [1.29, 1.82) is 0 Å². The summed E-state index contributed by atoms with van der Waals surface area (Å²) in [6.45, 7) is 2.39. The number of fused-ring (bicyclic) bond motifs is 9. The molecule has 0 radical (unpaired) electrons. The van der Waals surface area contributed by atoms with Gasteiger partial charge in [0.15, 0.2) is 17.5 Å². The number of nitrogens with zero attached hydrogens (tertiary/aromatic N) is 6. The van der Waals surface area contributed by atoms with Gasteiger partial charge in [-0.15, -0.1) is 0 Å². The van der Waals surface area contributed by atoms with E-state index in [9.17, 15) is 0 Å². The van der Waals surface area contributed by atoms with Crippen molar-refractivity contribution < 1.29 is 0 Å². The average molecular weight is 897 g/mol. The first kappa shape index (κ1) is 40.0. The lowest BCUT2D eigenvalue weighted by atomic mass is 9.82. The lowest BCUT2D eigenvalue weighted by Crippen LogP contribution is -2.13. The van der Waals surface area contributed by atoms with Gasteiger partial charge >= 0.3 is 0 Å². The van der Waals surface area contributed by atoms with Gasteiger partial charge in [-0.25, -0.2) is 15.0 Å². The molecule has 0 bridgehead atoms. The van der Waals surface area contributed by atoms with Gasteiger partial charge in [-0.3, -0.25) is 0 Å². The van der Waals surface area contributed by atoms with Gasteiger partial charge in [0.1, 0.15) is 0 Å². The summed E-state index contributed by atoms with van der Waals surface area (Å²) in [6, 6.07) is 80.2. The Labute approximate surface area is 404 Å². The number of hydrogen-bond acceptors (Lipinski definition) is 3. The quantitative estimate of drug-likeness (QED) is 0.160. The highest BCUT2D eigenvalue weighted by Gasteiger charge is 2.29. The summed E-state index contributed by atoms with van der Waals surface area (Å²) < 4.78 is 7.34. The van der Waals surface area contributed by atoms with Crippen molar-refractivity contribution in [3.05, 3.63) is 241 Å². The maximum Gasteiger partial charge on any atom is 0.164 e. The molecule has 0 spiro atoms. The van der Waals surface area contributed by atoms with Gasteiger partial charge in [-0.05, 0) is 90.2 Å². The van der Waals surface area contributed by atoms with Gasteiger partial charge in [0.2, 0.25) is 0 Å².